The average molecular weight is 418 g/mol. The van der Waals surface area contributed by atoms with Crippen LogP contribution < -0.4 is 10.1 Å². The molecular formula is C17H21ClINO. The zero-order valence-electron chi connectivity index (χ0n) is 12.3. The van der Waals surface area contributed by atoms with Crippen molar-refractivity contribution in [2.45, 2.75) is 19.4 Å². The van der Waals surface area contributed by atoms with E-state index in [0.29, 0.717) is 0 Å². The van der Waals surface area contributed by atoms with Crippen molar-refractivity contribution in [2.75, 3.05) is 13.6 Å². The van der Waals surface area contributed by atoms with Crippen LogP contribution in [0.1, 0.15) is 23.7 Å². The molecule has 0 heterocycles. The van der Waals surface area contributed by atoms with E-state index in [2.05, 4.69) is 77.3 Å². The summed E-state index contributed by atoms with van der Waals surface area (Å²) in [6.07, 6.45) is 1.04. The second kappa shape index (κ2) is 9.28. The lowest BCUT2D eigenvalue weighted by Crippen LogP contribution is -2.16. The number of aryl methyl sites for hydroxylation is 1. The number of hydrogen-bond donors (Lipinski definition) is 1. The van der Waals surface area contributed by atoms with E-state index >= 15 is 0 Å². The van der Waals surface area contributed by atoms with Gasteiger partial charge in [-0.25, -0.2) is 0 Å². The molecule has 0 saturated heterocycles. The highest BCUT2D eigenvalue weighted by Gasteiger charge is 2.14. The zero-order valence-corrected chi connectivity index (χ0v) is 15.3. The number of ether oxygens (including phenoxy) is 1. The molecule has 2 rings (SSSR count). The summed E-state index contributed by atoms with van der Waals surface area (Å²) >= 11 is 2.32. The molecule has 114 valence electrons. The van der Waals surface area contributed by atoms with Gasteiger partial charge < -0.3 is 10.1 Å². The van der Waals surface area contributed by atoms with E-state index in [4.69, 9.17) is 4.74 Å². The molecule has 2 aromatic rings. The van der Waals surface area contributed by atoms with Crippen molar-refractivity contribution in [1.29, 1.82) is 0 Å². The Morgan fingerprint density at radius 3 is 2.48 bits per heavy atom. The van der Waals surface area contributed by atoms with Gasteiger partial charge in [-0.1, -0.05) is 30.3 Å². The summed E-state index contributed by atoms with van der Waals surface area (Å²) in [5, 5.41) is 3.20. The van der Waals surface area contributed by atoms with Crippen molar-refractivity contribution in [2.24, 2.45) is 0 Å². The first-order chi connectivity index (χ1) is 9.70. The predicted octanol–water partition coefficient (Wildman–Crippen LogP) is 4.75. The molecule has 0 bridgehead atoms. The Morgan fingerprint density at radius 1 is 1.14 bits per heavy atom. The molecule has 1 N–H and O–H groups in total. The van der Waals surface area contributed by atoms with Crippen molar-refractivity contribution >= 4 is 35.0 Å². The van der Waals surface area contributed by atoms with Gasteiger partial charge in [-0.3, -0.25) is 0 Å². The van der Waals surface area contributed by atoms with Crippen LogP contribution >= 0.6 is 35.0 Å². The molecule has 0 amide bonds. The van der Waals surface area contributed by atoms with Crippen molar-refractivity contribution in [3.63, 3.8) is 0 Å². The minimum Gasteiger partial charge on any atom is -0.485 e. The lowest BCUT2D eigenvalue weighted by Gasteiger charge is -2.21. The van der Waals surface area contributed by atoms with Gasteiger partial charge in [0.1, 0.15) is 11.9 Å². The van der Waals surface area contributed by atoms with Gasteiger partial charge in [0, 0.05) is 9.99 Å². The zero-order chi connectivity index (χ0) is 14.4. The molecule has 4 heteroatoms. The Balaban J connectivity index is 0.00000220. The third kappa shape index (κ3) is 5.49. The first kappa shape index (κ1) is 18.3. The first-order valence-electron chi connectivity index (χ1n) is 6.83. The summed E-state index contributed by atoms with van der Waals surface area (Å²) in [5.74, 6) is 0.968. The first-order valence-corrected chi connectivity index (χ1v) is 7.91. The molecule has 2 aromatic carbocycles. The monoisotopic (exact) mass is 417 g/mol. The molecule has 1 atom stereocenters. The van der Waals surface area contributed by atoms with E-state index < -0.39 is 0 Å². The van der Waals surface area contributed by atoms with Crippen LogP contribution in [0.3, 0.4) is 0 Å². The van der Waals surface area contributed by atoms with Crippen molar-refractivity contribution in [3.05, 3.63) is 63.2 Å². The van der Waals surface area contributed by atoms with Gasteiger partial charge in [-0.05, 0) is 72.4 Å². The fourth-order valence-electron chi connectivity index (χ4n) is 2.14. The highest BCUT2D eigenvalue weighted by Crippen LogP contribution is 2.28. The highest BCUT2D eigenvalue weighted by atomic mass is 127. The maximum Gasteiger partial charge on any atom is 0.125 e. The largest absolute Gasteiger partial charge is 0.485 e. The fourth-order valence-corrected chi connectivity index (χ4v) is 2.78. The van der Waals surface area contributed by atoms with E-state index in [0.717, 1.165) is 18.7 Å². The predicted molar refractivity (Wildman–Crippen MR) is 99.5 cm³/mol. The molecule has 0 unspecified atom stereocenters. The maximum atomic E-state index is 6.25. The maximum absolute atomic E-state index is 6.25. The van der Waals surface area contributed by atoms with Gasteiger partial charge in [0.15, 0.2) is 0 Å². The van der Waals surface area contributed by atoms with Crippen molar-refractivity contribution < 1.29 is 4.74 Å². The number of nitrogens with one attached hydrogen (secondary N) is 1. The van der Waals surface area contributed by atoms with Crippen LogP contribution in [0.4, 0.5) is 0 Å². The van der Waals surface area contributed by atoms with Crippen molar-refractivity contribution in [3.8, 4) is 5.75 Å². The summed E-state index contributed by atoms with van der Waals surface area (Å²) in [6, 6.07) is 16.7. The van der Waals surface area contributed by atoms with Crippen LogP contribution in [-0.2, 0) is 0 Å². The Bertz CT molecular complexity index is 548. The van der Waals surface area contributed by atoms with E-state index in [-0.39, 0.29) is 18.5 Å². The molecule has 0 aliphatic carbocycles. The number of halogens is 2. The molecule has 0 fully saturated rings. The molecule has 2 nitrogen and oxygen atoms in total. The molecule has 0 saturated carbocycles. The highest BCUT2D eigenvalue weighted by molar-refractivity contribution is 14.1. The number of rotatable bonds is 6. The van der Waals surface area contributed by atoms with E-state index in [1.54, 1.807) is 0 Å². The standard InChI is InChI=1S/C17H20INO.ClH/c1-13-12-15(18)8-9-16(13)20-17(10-11-19-2)14-6-4-3-5-7-14;/h3-9,12,17,19H,10-11H2,1-2H3;1H/t17-;/m1./s1. The quantitative estimate of drug-likeness (QED) is 0.685. The Morgan fingerprint density at radius 2 is 1.86 bits per heavy atom. The number of benzene rings is 2. The third-order valence-electron chi connectivity index (χ3n) is 3.23. The number of hydrogen-bond acceptors (Lipinski definition) is 2. The summed E-state index contributed by atoms with van der Waals surface area (Å²) in [6.45, 7) is 3.03. The normalized spacial score (nSPS) is 11.6. The molecule has 0 aliphatic rings. The summed E-state index contributed by atoms with van der Waals surface area (Å²) < 4.78 is 7.48. The molecule has 0 radical (unpaired) electrons. The second-order valence-electron chi connectivity index (χ2n) is 4.82. The minimum absolute atomic E-state index is 0. The summed E-state index contributed by atoms with van der Waals surface area (Å²) in [7, 11) is 1.97. The molecular weight excluding hydrogens is 397 g/mol. The van der Waals surface area contributed by atoms with E-state index in [1.165, 1.54) is 14.7 Å². The molecule has 0 spiro atoms. The Kier molecular flexibility index (Phi) is 8.07. The third-order valence-corrected chi connectivity index (χ3v) is 3.91. The van der Waals surface area contributed by atoms with Crippen LogP contribution in [0.5, 0.6) is 5.75 Å². The van der Waals surface area contributed by atoms with Gasteiger partial charge in [-0.15, -0.1) is 12.4 Å². The van der Waals surface area contributed by atoms with Crippen LogP contribution in [0.25, 0.3) is 0 Å². The van der Waals surface area contributed by atoms with Gasteiger partial charge in [0.05, 0.1) is 0 Å². The summed E-state index contributed by atoms with van der Waals surface area (Å²) in [5.41, 5.74) is 2.41. The van der Waals surface area contributed by atoms with Gasteiger partial charge in [0.25, 0.3) is 0 Å². The Labute approximate surface area is 146 Å². The van der Waals surface area contributed by atoms with Crippen LogP contribution in [-0.4, -0.2) is 13.6 Å². The van der Waals surface area contributed by atoms with Crippen LogP contribution in [0, 0.1) is 10.5 Å². The average Bonchev–Trinajstić information content (AvgIpc) is 2.46. The van der Waals surface area contributed by atoms with Crippen LogP contribution in [0.2, 0.25) is 0 Å². The topological polar surface area (TPSA) is 21.3 Å². The fraction of sp³-hybridized carbons (Fsp3) is 0.294. The van der Waals surface area contributed by atoms with E-state index in [1.807, 2.05) is 13.1 Å². The van der Waals surface area contributed by atoms with Crippen molar-refractivity contribution in [1.82, 2.24) is 5.32 Å². The van der Waals surface area contributed by atoms with Gasteiger partial charge in [-0.2, -0.15) is 0 Å². The smallest absolute Gasteiger partial charge is 0.125 e. The lowest BCUT2D eigenvalue weighted by molar-refractivity contribution is 0.193. The molecule has 21 heavy (non-hydrogen) atoms. The van der Waals surface area contributed by atoms with Crippen LogP contribution in [0.15, 0.2) is 48.5 Å². The Hall–Kier alpha value is -0.780. The lowest BCUT2D eigenvalue weighted by atomic mass is 10.1. The SMILES string of the molecule is CNCC[C@@H](Oc1ccc(I)cc1C)c1ccccc1.Cl. The summed E-state index contributed by atoms with van der Waals surface area (Å²) in [4.78, 5) is 0. The molecule has 0 aliphatic heterocycles. The molecule has 0 aromatic heterocycles. The second-order valence-corrected chi connectivity index (χ2v) is 6.06. The van der Waals surface area contributed by atoms with E-state index in [9.17, 15) is 0 Å². The minimum atomic E-state index is 0. The van der Waals surface area contributed by atoms with Gasteiger partial charge in [0.2, 0.25) is 0 Å². The van der Waals surface area contributed by atoms with Gasteiger partial charge >= 0.3 is 0 Å².